The van der Waals surface area contributed by atoms with Crippen LogP contribution in [0.1, 0.15) is 18.9 Å². The van der Waals surface area contributed by atoms with E-state index in [2.05, 4.69) is 16.8 Å². The maximum atomic E-state index is 6.13. The van der Waals surface area contributed by atoms with Crippen molar-refractivity contribution in [3.05, 3.63) is 22.4 Å². The number of hydrogen-bond acceptors (Lipinski definition) is 2. The highest BCUT2D eigenvalue weighted by molar-refractivity contribution is 7.07. The first kappa shape index (κ1) is 11.0. The average molecular weight is 219 g/mol. The molecule has 1 aromatic rings. The summed E-state index contributed by atoms with van der Waals surface area (Å²) in [6.07, 6.45) is 1.89. The van der Waals surface area contributed by atoms with E-state index >= 15 is 0 Å². The summed E-state index contributed by atoms with van der Waals surface area (Å²) in [6.45, 7) is 3.55. The van der Waals surface area contributed by atoms with Crippen molar-refractivity contribution in [1.29, 1.82) is 0 Å². The average Bonchev–Trinajstić information content (AvgIpc) is 2.57. The van der Waals surface area contributed by atoms with Crippen LogP contribution in [0, 0.1) is 0 Å². The summed E-state index contributed by atoms with van der Waals surface area (Å²) in [7, 11) is 0. The molecule has 1 atom stereocenters. The maximum Gasteiger partial charge on any atom is 0.0480 e. The summed E-state index contributed by atoms with van der Waals surface area (Å²) in [5.41, 5.74) is 1.33. The Balaban J connectivity index is 2.14. The van der Waals surface area contributed by atoms with Gasteiger partial charge in [-0.1, -0.05) is 0 Å². The molecule has 0 N–H and O–H groups in total. The number of alkyl halides is 1. The Morgan fingerprint density at radius 2 is 2.46 bits per heavy atom. The fourth-order valence-corrected chi connectivity index (χ4v) is 2.07. The van der Waals surface area contributed by atoms with Crippen LogP contribution in [0.5, 0.6) is 0 Å². The molecule has 1 unspecified atom stereocenters. The van der Waals surface area contributed by atoms with Gasteiger partial charge < -0.3 is 4.74 Å². The van der Waals surface area contributed by atoms with Gasteiger partial charge in [-0.15, -0.1) is 11.6 Å². The zero-order chi connectivity index (χ0) is 9.52. The molecule has 0 aliphatic rings. The van der Waals surface area contributed by atoms with Gasteiger partial charge in [0.25, 0.3) is 0 Å². The molecule has 13 heavy (non-hydrogen) atoms. The second-order valence-corrected chi connectivity index (χ2v) is 4.32. The third kappa shape index (κ3) is 4.65. The molecule has 0 radical (unpaired) electrons. The highest BCUT2D eigenvalue weighted by atomic mass is 35.5. The van der Waals surface area contributed by atoms with Crippen LogP contribution in [0.15, 0.2) is 16.8 Å². The molecule has 0 spiro atoms. The molecular weight excluding hydrogens is 204 g/mol. The Morgan fingerprint density at radius 1 is 1.62 bits per heavy atom. The van der Waals surface area contributed by atoms with Crippen molar-refractivity contribution in [2.45, 2.75) is 25.1 Å². The molecule has 0 fully saturated rings. The summed E-state index contributed by atoms with van der Waals surface area (Å²) in [5.74, 6) is 0. The van der Waals surface area contributed by atoms with Crippen LogP contribution in [0.25, 0.3) is 0 Å². The molecule has 1 aromatic heterocycles. The van der Waals surface area contributed by atoms with Crippen molar-refractivity contribution < 1.29 is 4.74 Å². The van der Waals surface area contributed by atoms with E-state index in [1.807, 2.05) is 6.92 Å². The Labute approximate surface area is 88.7 Å². The fourth-order valence-electron chi connectivity index (χ4n) is 1.12. The number of hydrogen-bond donors (Lipinski definition) is 0. The number of halogens is 1. The van der Waals surface area contributed by atoms with Gasteiger partial charge in [0.2, 0.25) is 0 Å². The van der Waals surface area contributed by atoms with Crippen molar-refractivity contribution in [1.82, 2.24) is 0 Å². The van der Waals surface area contributed by atoms with E-state index in [0.29, 0.717) is 0 Å². The number of thiophene rings is 1. The van der Waals surface area contributed by atoms with Crippen LogP contribution in [0.2, 0.25) is 0 Å². The molecule has 0 aliphatic carbocycles. The molecule has 0 saturated carbocycles. The van der Waals surface area contributed by atoms with Crippen LogP contribution in [-0.4, -0.2) is 18.6 Å². The number of rotatable bonds is 6. The Morgan fingerprint density at radius 3 is 3.08 bits per heavy atom. The molecule has 0 aromatic carbocycles. The van der Waals surface area contributed by atoms with Gasteiger partial charge in [0.1, 0.15) is 0 Å². The molecule has 3 heteroatoms. The molecule has 1 rings (SSSR count). The van der Waals surface area contributed by atoms with Crippen LogP contribution >= 0.6 is 22.9 Å². The van der Waals surface area contributed by atoms with Crippen molar-refractivity contribution in [2.75, 3.05) is 13.2 Å². The Kier molecular flexibility index (Phi) is 5.44. The molecule has 0 saturated heterocycles. The smallest absolute Gasteiger partial charge is 0.0480 e. The molecule has 1 nitrogen and oxygen atoms in total. The normalized spacial score (nSPS) is 13.1. The predicted octanol–water partition coefficient (Wildman–Crippen LogP) is 3.32. The molecule has 1 heterocycles. The zero-order valence-corrected chi connectivity index (χ0v) is 9.40. The van der Waals surface area contributed by atoms with Gasteiger partial charge >= 0.3 is 0 Å². The number of ether oxygens (including phenoxy) is 1. The molecular formula is C10H15ClOS. The Bertz CT molecular complexity index is 211. The molecule has 0 amide bonds. The summed E-state index contributed by atoms with van der Waals surface area (Å²) >= 11 is 7.85. The third-order valence-corrected chi connectivity index (χ3v) is 2.92. The molecule has 74 valence electrons. The SMILES string of the molecule is CCOCCC(Cl)Cc1ccsc1. The van der Waals surface area contributed by atoms with Gasteiger partial charge in [-0.3, -0.25) is 0 Å². The van der Waals surface area contributed by atoms with Crippen LogP contribution < -0.4 is 0 Å². The van der Waals surface area contributed by atoms with Crippen LogP contribution in [0.3, 0.4) is 0 Å². The van der Waals surface area contributed by atoms with Crippen LogP contribution in [-0.2, 0) is 11.2 Å². The van der Waals surface area contributed by atoms with E-state index in [0.717, 1.165) is 26.1 Å². The van der Waals surface area contributed by atoms with Gasteiger partial charge in [-0.25, -0.2) is 0 Å². The molecule has 0 aliphatic heterocycles. The van der Waals surface area contributed by atoms with Gasteiger partial charge in [0.15, 0.2) is 0 Å². The lowest BCUT2D eigenvalue weighted by Gasteiger charge is -2.07. The maximum absolute atomic E-state index is 6.13. The van der Waals surface area contributed by atoms with Gasteiger partial charge in [-0.2, -0.15) is 11.3 Å². The minimum atomic E-state index is 0.209. The van der Waals surface area contributed by atoms with Crippen molar-refractivity contribution in [3.8, 4) is 0 Å². The highest BCUT2D eigenvalue weighted by Crippen LogP contribution is 2.14. The van der Waals surface area contributed by atoms with Crippen molar-refractivity contribution in [2.24, 2.45) is 0 Å². The quantitative estimate of drug-likeness (QED) is 0.526. The van der Waals surface area contributed by atoms with E-state index < -0.39 is 0 Å². The van der Waals surface area contributed by atoms with Crippen molar-refractivity contribution >= 4 is 22.9 Å². The zero-order valence-electron chi connectivity index (χ0n) is 7.83. The lowest BCUT2D eigenvalue weighted by atomic mass is 10.1. The minimum absolute atomic E-state index is 0.209. The summed E-state index contributed by atoms with van der Waals surface area (Å²) in [4.78, 5) is 0. The van der Waals surface area contributed by atoms with Gasteiger partial charge in [-0.05, 0) is 42.2 Å². The summed E-state index contributed by atoms with van der Waals surface area (Å²) < 4.78 is 5.24. The van der Waals surface area contributed by atoms with E-state index in [4.69, 9.17) is 16.3 Å². The lowest BCUT2D eigenvalue weighted by Crippen LogP contribution is -2.07. The highest BCUT2D eigenvalue weighted by Gasteiger charge is 2.05. The first-order chi connectivity index (χ1) is 6.33. The lowest BCUT2D eigenvalue weighted by molar-refractivity contribution is 0.144. The van der Waals surface area contributed by atoms with E-state index in [-0.39, 0.29) is 5.38 Å². The van der Waals surface area contributed by atoms with Gasteiger partial charge in [0.05, 0.1) is 0 Å². The second kappa shape index (κ2) is 6.41. The van der Waals surface area contributed by atoms with Gasteiger partial charge in [0, 0.05) is 18.6 Å². The minimum Gasteiger partial charge on any atom is -0.382 e. The Hall–Kier alpha value is -0.0500. The summed E-state index contributed by atoms with van der Waals surface area (Å²) in [6, 6.07) is 2.13. The van der Waals surface area contributed by atoms with E-state index in [9.17, 15) is 0 Å². The van der Waals surface area contributed by atoms with E-state index in [1.165, 1.54) is 5.56 Å². The van der Waals surface area contributed by atoms with Crippen molar-refractivity contribution in [3.63, 3.8) is 0 Å². The largest absolute Gasteiger partial charge is 0.382 e. The first-order valence-electron chi connectivity index (χ1n) is 4.55. The standard InChI is InChI=1S/C10H15ClOS/c1-2-12-5-3-10(11)7-9-4-6-13-8-9/h4,6,8,10H,2-3,5,7H2,1H3. The monoisotopic (exact) mass is 218 g/mol. The fraction of sp³-hybridized carbons (Fsp3) is 0.600. The second-order valence-electron chi connectivity index (χ2n) is 2.92. The molecule has 0 bridgehead atoms. The summed E-state index contributed by atoms with van der Waals surface area (Å²) in [5, 5.41) is 4.44. The predicted molar refractivity (Wildman–Crippen MR) is 58.8 cm³/mol. The van der Waals surface area contributed by atoms with E-state index in [1.54, 1.807) is 11.3 Å². The first-order valence-corrected chi connectivity index (χ1v) is 5.93. The topological polar surface area (TPSA) is 9.23 Å². The van der Waals surface area contributed by atoms with Crippen LogP contribution in [0.4, 0.5) is 0 Å². The third-order valence-electron chi connectivity index (χ3n) is 1.82.